The third kappa shape index (κ3) is 5.97. The number of carbonyl (C=O) groups is 2. The molecule has 0 amide bonds. The van der Waals surface area contributed by atoms with Crippen LogP contribution in [0, 0.1) is 5.92 Å². The number of halogens is 1. The van der Waals surface area contributed by atoms with Crippen molar-refractivity contribution >= 4 is 23.5 Å². The van der Waals surface area contributed by atoms with E-state index in [4.69, 9.17) is 25.8 Å². The van der Waals surface area contributed by atoms with Crippen molar-refractivity contribution in [2.45, 2.75) is 46.1 Å². The molecule has 25 heavy (non-hydrogen) atoms. The van der Waals surface area contributed by atoms with Crippen molar-refractivity contribution in [1.29, 1.82) is 0 Å². The van der Waals surface area contributed by atoms with Gasteiger partial charge in [0, 0.05) is 29.4 Å². The fourth-order valence-corrected chi connectivity index (χ4v) is 2.87. The average molecular weight is 372 g/mol. The molecule has 6 nitrogen and oxygen atoms in total. The van der Waals surface area contributed by atoms with Gasteiger partial charge in [-0.05, 0) is 39.3 Å². The molecule has 140 valence electrons. The predicted octanol–water partition coefficient (Wildman–Crippen LogP) is 3.38. The van der Waals surface area contributed by atoms with Gasteiger partial charge in [0.15, 0.2) is 5.92 Å². The molecule has 0 aliphatic heterocycles. The highest BCUT2D eigenvalue weighted by atomic mass is 35.5. The summed E-state index contributed by atoms with van der Waals surface area (Å²) in [5, 5.41) is 0.530. The van der Waals surface area contributed by atoms with Gasteiger partial charge in [-0.2, -0.15) is 0 Å². The quantitative estimate of drug-likeness (QED) is 0.463. The molecule has 2 atom stereocenters. The van der Waals surface area contributed by atoms with Crippen LogP contribution in [-0.2, 0) is 23.8 Å². The molecule has 0 saturated carbocycles. The fraction of sp³-hybridized carbons (Fsp3) is 0.611. The molecular formula is C18H26ClNO5. The Labute approximate surface area is 153 Å². The topological polar surface area (TPSA) is 74.7 Å². The number of rotatable bonds is 10. The Bertz CT molecular complexity index is 548. The highest BCUT2D eigenvalue weighted by Crippen LogP contribution is 2.31. The average Bonchev–Trinajstić information content (AvgIpc) is 2.56. The maximum absolute atomic E-state index is 12.4. The Morgan fingerprint density at radius 1 is 1.08 bits per heavy atom. The van der Waals surface area contributed by atoms with E-state index in [0.29, 0.717) is 23.7 Å². The van der Waals surface area contributed by atoms with Gasteiger partial charge in [0.05, 0.1) is 19.3 Å². The normalized spacial score (nSPS) is 13.4. The molecule has 0 aliphatic carbocycles. The second-order valence-corrected chi connectivity index (χ2v) is 5.75. The van der Waals surface area contributed by atoms with Gasteiger partial charge in [-0.25, -0.2) is 0 Å². The van der Waals surface area contributed by atoms with E-state index in [1.807, 2.05) is 6.92 Å². The Morgan fingerprint density at radius 3 is 2.12 bits per heavy atom. The molecule has 1 aromatic rings. The summed E-state index contributed by atoms with van der Waals surface area (Å²) < 4.78 is 16.0. The summed E-state index contributed by atoms with van der Waals surface area (Å²) in [4.78, 5) is 29.2. The molecular weight excluding hydrogens is 346 g/mol. The molecule has 2 unspecified atom stereocenters. The molecule has 0 N–H and O–H groups in total. The number of hydrogen-bond acceptors (Lipinski definition) is 6. The van der Waals surface area contributed by atoms with Crippen LogP contribution in [0.15, 0.2) is 18.3 Å². The number of carbonyl (C=O) groups excluding carboxylic acids is 2. The first-order valence-corrected chi connectivity index (χ1v) is 8.94. The van der Waals surface area contributed by atoms with Gasteiger partial charge in [-0.15, -0.1) is 0 Å². The molecule has 7 heteroatoms. The zero-order chi connectivity index (χ0) is 18.8. The van der Waals surface area contributed by atoms with Crippen molar-refractivity contribution < 1.29 is 23.8 Å². The van der Waals surface area contributed by atoms with Gasteiger partial charge in [0.2, 0.25) is 0 Å². The van der Waals surface area contributed by atoms with Crippen LogP contribution in [0.3, 0.4) is 0 Å². The van der Waals surface area contributed by atoms with E-state index in [1.54, 1.807) is 39.1 Å². The minimum absolute atomic E-state index is 0.166. The lowest BCUT2D eigenvalue weighted by Crippen LogP contribution is -2.42. The number of esters is 2. The summed E-state index contributed by atoms with van der Waals surface area (Å²) in [5.41, 5.74) is 0.659. The zero-order valence-electron chi connectivity index (χ0n) is 15.2. The third-order valence-corrected chi connectivity index (χ3v) is 3.96. The van der Waals surface area contributed by atoms with Crippen LogP contribution in [0.2, 0.25) is 5.02 Å². The van der Waals surface area contributed by atoms with Crippen LogP contribution < -0.4 is 0 Å². The van der Waals surface area contributed by atoms with Gasteiger partial charge in [-0.3, -0.25) is 14.6 Å². The van der Waals surface area contributed by atoms with Crippen LogP contribution in [0.4, 0.5) is 0 Å². The van der Waals surface area contributed by atoms with Gasteiger partial charge in [0.1, 0.15) is 0 Å². The lowest BCUT2D eigenvalue weighted by molar-refractivity contribution is -0.170. The number of aromatic nitrogens is 1. The first kappa shape index (κ1) is 21.4. The Morgan fingerprint density at radius 2 is 1.68 bits per heavy atom. The lowest BCUT2D eigenvalue weighted by atomic mass is 9.86. The standard InChI is InChI=1S/C18H26ClNO5/c1-5-13(14-11-12(19)9-10-20-14)16(23-6-2)15(17(21)24-7-3)18(22)25-8-4/h9-11,13,15-16H,5-8H2,1-4H3. The molecule has 1 heterocycles. The smallest absolute Gasteiger partial charge is 0.323 e. The number of nitrogens with zero attached hydrogens (tertiary/aromatic N) is 1. The van der Waals surface area contributed by atoms with Crippen molar-refractivity contribution in [3.63, 3.8) is 0 Å². The van der Waals surface area contributed by atoms with Gasteiger partial charge >= 0.3 is 11.9 Å². The minimum atomic E-state index is -1.18. The predicted molar refractivity (Wildman–Crippen MR) is 94.4 cm³/mol. The number of ether oxygens (including phenoxy) is 3. The highest BCUT2D eigenvalue weighted by Gasteiger charge is 2.42. The van der Waals surface area contributed by atoms with Crippen molar-refractivity contribution in [2.75, 3.05) is 19.8 Å². The summed E-state index contributed by atoms with van der Waals surface area (Å²) >= 11 is 6.07. The molecule has 1 aromatic heterocycles. The van der Waals surface area contributed by atoms with E-state index in [1.165, 1.54) is 0 Å². The molecule has 0 spiro atoms. The van der Waals surface area contributed by atoms with Crippen LogP contribution in [0.5, 0.6) is 0 Å². The molecule has 0 fully saturated rings. The Hall–Kier alpha value is -1.66. The second kappa shape index (κ2) is 11.1. The third-order valence-electron chi connectivity index (χ3n) is 3.73. The Balaban J connectivity index is 3.28. The van der Waals surface area contributed by atoms with Crippen LogP contribution >= 0.6 is 11.6 Å². The summed E-state index contributed by atoms with van der Waals surface area (Å²) in [5.74, 6) is -2.79. The summed E-state index contributed by atoms with van der Waals surface area (Å²) in [6, 6.07) is 3.39. The molecule has 0 radical (unpaired) electrons. The summed E-state index contributed by atoms with van der Waals surface area (Å²) in [7, 11) is 0. The first-order valence-electron chi connectivity index (χ1n) is 8.56. The first-order chi connectivity index (χ1) is 12.0. The number of hydrogen-bond donors (Lipinski definition) is 0. The Kier molecular flexibility index (Phi) is 9.45. The van der Waals surface area contributed by atoms with Gasteiger partial charge < -0.3 is 14.2 Å². The molecule has 0 bridgehead atoms. The van der Waals surface area contributed by atoms with Crippen molar-refractivity contribution in [2.24, 2.45) is 5.92 Å². The highest BCUT2D eigenvalue weighted by molar-refractivity contribution is 6.30. The summed E-state index contributed by atoms with van der Waals surface area (Å²) in [6.07, 6.45) is 1.44. The largest absolute Gasteiger partial charge is 0.465 e. The van der Waals surface area contributed by atoms with Crippen molar-refractivity contribution in [3.05, 3.63) is 29.0 Å². The van der Waals surface area contributed by atoms with Crippen LogP contribution in [0.1, 0.15) is 45.7 Å². The van der Waals surface area contributed by atoms with Crippen LogP contribution in [-0.4, -0.2) is 42.8 Å². The number of pyridine rings is 1. The molecule has 0 aromatic carbocycles. The monoisotopic (exact) mass is 371 g/mol. The lowest BCUT2D eigenvalue weighted by Gasteiger charge is -2.30. The van der Waals surface area contributed by atoms with Crippen molar-refractivity contribution in [1.82, 2.24) is 4.98 Å². The fourth-order valence-electron chi connectivity index (χ4n) is 2.70. The SMILES string of the molecule is CCOC(=O)C(C(=O)OCC)C(OCC)C(CC)c1cc(Cl)ccn1. The van der Waals surface area contributed by atoms with E-state index in [9.17, 15) is 9.59 Å². The van der Waals surface area contributed by atoms with Crippen LogP contribution in [0.25, 0.3) is 0 Å². The molecule has 0 saturated heterocycles. The molecule has 1 rings (SSSR count). The molecule has 0 aliphatic rings. The van der Waals surface area contributed by atoms with E-state index < -0.39 is 24.0 Å². The maximum atomic E-state index is 12.4. The van der Waals surface area contributed by atoms with Gasteiger partial charge in [-0.1, -0.05) is 18.5 Å². The second-order valence-electron chi connectivity index (χ2n) is 5.32. The van der Waals surface area contributed by atoms with E-state index in [2.05, 4.69) is 4.98 Å². The zero-order valence-corrected chi connectivity index (χ0v) is 15.9. The maximum Gasteiger partial charge on any atom is 0.323 e. The minimum Gasteiger partial charge on any atom is -0.465 e. The summed E-state index contributed by atoms with van der Waals surface area (Å²) in [6.45, 7) is 7.78. The van der Waals surface area contributed by atoms with E-state index >= 15 is 0 Å². The van der Waals surface area contributed by atoms with E-state index in [-0.39, 0.29) is 19.1 Å². The van der Waals surface area contributed by atoms with Gasteiger partial charge in [0.25, 0.3) is 0 Å². The van der Waals surface area contributed by atoms with Crippen molar-refractivity contribution in [3.8, 4) is 0 Å². The van der Waals surface area contributed by atoms with E-state index in [0.717, 1.165) is 0 Å².